The van der Waals surface area contributed by atoms with Crippen LogP contribution >= 0.6 is 0 Å². The zero-order valence-corrected chi connectivity index (χ0v) is 12.1. The van der Waals surface area contributed by atoms with Crippen LogP contribution in [0.3, 0.4) is 0 Å². The number of nitrogens with zero attached hydrogens (tertiary/aromatic N) is 2. The molecule has 20 heavy (non-hydrogen) atoms. The van der Waals surface area contributed by atoms with Crippen molar-refractivity contribution in [1.82, 2.24) is 9.88 Å². The van der Waals surface area contributed by atoms with Crippen LogP contribution < -0.4 is 0 Å². The molecule has 0 spiro atoms. The Kier molecular flexibility index (Phi) is 2.97. The van der Waals surface area contributed by atoms with E-state index in [-0.39, 0.29) is 17.8 Å². The van der Waals surface area contributed by atoms with Crippen LogP contribution in [0.5, 0.6) is 0 Å². The molecule has 5 nitrogen and oxygen atoms in total. The summed E-state index contributed by atoms with van der Waals surface area (Å²) in [6, 6.07) is 3.98. The van der Waals surface area contributed by atoms with E-state index in [9.17, 15) is 4.79 Å². The van der Waals surface area contributed by atoms with Crippen molar-refractivity contribution >= 4 is 6.09 Å². The second-order valence-electron chi connectivity index (χ2n) is 6.41. The predicted octanol–water partition coefficient (Wildman–Crippen LogP) is 2.32. The molecule has 2 aliphatic rings. The minimum atomic E-state index is -0.457. The number of epoxide rings is 1. The molecule has 5 heteroatoms. The van der Waals surface area contributed by atoms with Crippen LogP contribution in [-0.2, 0) is 15.1 Å². The molecule has 0 aromatic carbocycles. The maximum Gasteiger partial charge on any atom is 0.410 e. The predicted molar refractivity (Wildman–Crippen MR) is 73.2 cm³/mol. The average molecular weight is 276 g/mol. The highest BCUT2D eigenvalue weighted by atomic mass is 16.6. The Morgan fingerprint density at radius 3 is 2.75 bits per heavy atom. The number of hydrogen-bond donors (Lipinski definition) is 0. The van der Waals surface area contributed by atoms with Gasteiger partial charge in [0.25, 0.3) is 0 Å². The van der Waals surface area contributed by atoms with Gasteiger partial charge in [0.1, 0.15) is 17.3 Å². The minimum Gasteiger partial charge on any atom is -0.444 e. The summed E-state index contributed by atoms with van der Waals surface area (Å²) in [5.74, 6) is 0. The fourth-order valence-electron chi connectivity index (χ4n) is 2.74. The molecule has 0 radical (unpaired) electrons. The first-order valence-electron chi connectivity index (χ1n) is 6.97. The number of likely N-dealkylation sites (tertiary alicyclic amines) is 1. The Morgan fingerprint density at radius 2 is 2.15 bits per heavy atom. The fourth-order valence-corrected chi connectivity index (χ4v) is 2.74. The minimum absolute atomic E-state index is 0.0752. The first-order valence-corrected chi connectivity index (χ1v) is 6.97. The summed E-state index contributed by atoms with van der Waals surface area (Å²) in [4.78, 5) is 17.8. The van der Waals surface area contributed by atoms with Gasteiger partial charge in [0.15, 0.2) is 0 Å². The summed E-state index contributed by atoms with van der Waals surface area (Å²) in [7, 11) is 0. The molecule has 2 saturated heterocycles. The van der Waals surface area contributed by atoms with Crippen molar-refractivity contribution in [2.75, 3.05) is 13.1 Å². The van der Waals surface area contributed by atoms with Crippen molar-refractivity contribution in [3.05, 3.63) is 30.1 Å². The van der Waals surface area contributed by atoms with E-state index in [4.69, 9.17) is 9.47 Å². The standard InChI is InChI=1S/C15H20N2O3/c1-14(2,3)20-13(18)17-9-6-15(12(10-17)19-15)11-4-7-16-8-5-11/h4-5,7-8,12H,6,9-10H2,1-3H3. The maximum absolute atomic E-state index is 12.1. The SMILES string of the molecule is CC(C)(C)OC(=O)N1CCC2(c3ccncc3)OC2C1. The number of amides is 1. The van der Waals surface area contributed by atoms with Crippen molar-refractivity contribution in [1.29, 1.82) is 0 Å². The molecular formula is C15H20N2O3. The van der Waals surface area contributed by atoms with Crippen molar-refractivity contribution in [3.63, 3.8) is 0 Å². The van der Waals surface area contributed by atoms with Gasteiger partial charge >= 0.3 is 6.09 Å². The van der Waals surface area contributed by atoms with E-state index in [0.717, 1.165) is 12.0 Å². The molecule has 0 bridgehead atoms. The van der Waals surface area contributed by atoms with E-state index in [1.165, 1.54) is 0 Å². The van der Waals surface area contributed by atoms with Crippen molar-refractivity contribution in [3.8, 4) is 0 Å². The van der Waals surface area contributed by atoms with E-state index in [2.05, 4.69) is 4.98 Å². The molecule has 3 rings (SSSR count). The van der Waals surface area contributed by atoms with E-state index < -0.39 is 5.60 Å². The first-order chi connectivity index (χ1) is 9.41. The third kappa shape index (κ3) is 2.38. The lowest BCUT2D eigenvalue weighted by Crippen LogP contribution is -2.44. The highest BCUT2D eigenvalue weighted by Crippen LogP contribution is 2.51. The zero-order chi connectivity index (χ0) is 14.4. The molecular weight excluding hydrogens is 256 g/mol. The summed E-state index contributed by atoms with van der Waals surface area (Å²) < 4.78 is 11.3. The molecule has 2 fully saturated rings. The molecule has 108 valence electrons. The number of fused-ring (bicyclic) bond motifs is 1. The Labute approximate surface area is 118 Å². The number of carbonyl (C=O) groups is 1. The second kappa shape index (κ2) is 4.45. The highest BCUT2D eigenvalue weighted by Gasteiger charge is 2.60. The van der Waals surface area contributed by atoms with Gasteiger partial charge in [-0.1, -0.05) is 0 Å². The van der Waals surface area contributed by atoms with Gasteiger partial charge in [0.2, 0.25) is 0 Å². The molecule has 0 N–H and O–H groups in total. The highest BCUT2D eigenvalue weighted by molar-refractivity contribution is 5.68. The summed E-state index contributed by atoms with van der Waals surface area (Å²) in [5.41, 5.74) is 0.490. The summed E-state index contributed by atoms with van der Waals surface area (Å²) >= 11 is 0. The fraction of sp³-hybridized carbons (Fsp3) is 0.600. The van der Waals surface area contributed by atoms with Gasteiger partial charge in [-0.05, 0) is 38.5 Å². The summed E-state index contributed by atoms with van der Waals surface area (Å²) in [6.45, 7) is 6.89. The lowest BCUT2D eigenvalue weighted by molar-refractivity contribution is 0.0217. The molecule has 1 amide bonds. The second-order valence-corrected chi connectivity index (χ2v) is 6.41. The van der Waals surface area contributed by atoms with Gasteiger partial charge in [0, 0.05) is 25.4 Å². The summed E-state index contributed by atoms with van der Waals surface area (Å²) in [6.07, 6.45) is 4.19. The van der Waals surface area contributed by atoms with Crippen LogP contribution in [0.1, 0.15) is 32.8 Å². The molecule has 0 saturated carbocycles. The number of aromatic nitrogens is 1. The van der Waals surface area contributed by atoms with E-state index in [1.54, 1.807) is 17.3 Å². The monoisotopic (exact) mass is 276 g/mol. The number of ether oxygens (including phenoxy) is 2. The van der Waals surface area contributed by atoms with E-state index in [0.29, 0.717) is 13.1 Å². The van der Waals surface area contributed by atoms with Crippen LogP contribution in [0.2, 0.25) is 0 Å². The lowest BCUT2D eigenvalue weighted by atomic mass is 9.90. The number of piperidine rings is 1. The first kappa shape index (κ1) is 13.4. The zero-order valence-electron chi connectivity index (χ0n) is 12.1. The average Bonchev–Trinajstić information content (AvgIpc) is 3.12. The van der Waals surface area contributed by atoms with Crippen LogP contribution in [0.4, 0.5) is 4.79 Å². The lowest BCUT2D eigenvalue weighted by Gasteiger charge is -2.31. The van der Waals surface area contributed by atoms with Gasteiger partial charge in [0.05, 0.1) is 6.54 Å². The molecule has 2 unspecified atom stereocenters. The quantitative estimate of drug-likeness (QED) is 0.739. The normalized spacial score (nSPS) is 28.8. The maximum atomic E-state index is 12.1. The third-order valence-electron chi connectivity index (χ3n) is 3.78. The van der Waals surface area contributed by atoms with Crippen LogP contribution in [-0.4, -0.2) is 40.8 Å². The Hall–Kier alpha value is -1.62. The molecule has 2 atom stereocenters. The number of rotatable bonds is 1. The molecule has 3 heterocycles. The summed E-state index contributed by atoms with van der Waals surface area (Å²) in [5, 5.41) is 0. The van der Waals surface area contributed by atoms with Gasteiger partial charge in [-0.15, -0.1) is 0 Å². The van der Waals surface area contributed by atoms with Crippen LogP contribution in [0, 0.1) is 0 Å². The van der Waals surface area contributed by atoms with Crippen molar-refractivity contribution in [2.45, 2.75) is 44.5 Å². The Balaban J connectivity index is 1.65. The molecule has 1 aromatic rings. The van der Waals surface area contributed by atoms with Crippen molar-refractivity contribution < 1.29 is 14.3 Å². The van der Waals surface area contributed by atoms with Crippen LogP contribution in [0.15, 0.2) is 24.5 Å². The molecule has 1 aromatic heterocycles. The number of pyridine rings is 1. The van der Waals surface area contributed by atoms with Gasteiger partial charge in [-0.3, -0.25) is 4.98 Å². The number of hydrogen-bond acceptors (Lipinski definition) is 4. The Morgan fingerprint density at radius 1 is 1.45 bits per heavy atom. The van der Waals surface area contributed by atoms with E-state index in [1.807, 2.05) is 32.9 Å². The third-order valence-corrected chi connectivity index (χ3v) is 3.78. The molecule has 0 aliphatic carbocycles. The smallest absolute Gasteiger partial charge is 0.410 e. The Bertz CT molecular complexity index is 512. The molecule has 2 aliphatic heterocycles. The largest absolute Gasteiger partial charge is 0.444 e. The van der Waals surface area contributed by atoms with Gasteiger partial charge in [-0.25, -0.2) is 4.79 Å². The van der Waals surface area contributed by atoms with Gasteiger partial charge < -0.3 is 14.4 Å². The topological polar surface area (TPSA) is 55.0 Å². The van der Waals surface area contributed by atoms with Crippen molar-refractivity contribution in [2.24, 2.45) is 0 Å². The number of carbonyl (C=O) groups excluding carboxylic acids is 1. The van der Waals surface area contributed by atoms with E-state index >= 15 is 0 Å². The van der Waals surface area contributed by atoms with Crippen LogP contribution in [0.25, 0.3) is 0 Å². The van der Waals surface area contributed by atoms with Gasteiger partial charge in [-0.2, -0.15) is 0 Å².